The molecule has 0 saturated carbocycles. The Morgan fingerprint density at radius 3 is 2.12 bits per heavy atom. The van der Waals surface area contributed by atoms with E-state index in [1.165, 1.54) is 0 Å². The van der Waals surface area contributed by atoms with Crippen LogP contribution in [0.15, 0.2) is 77.4 Å². The van der Waals surface area contributed by atoms with Gasteiger partial charge in [-0.3, -0.25) is 9.59 Å². The van der Waals surface area contributed by atoms with Gasteiger partial charge in [0.05, 0.1) is 16.8 Å². The van der Waals surface area contributed by atoms with Crippen molar-refractivity contribution >= 4 is 39.2 Å². The summed E-state index contributed by atoms with van der Waals surface area (Å²) in [5.41, 5.74) is 1.27. The monoisotopic (exact) mass is 395 g/mol. The highest BCUT2D eigenvalue weighted by molar-refractivity contribution is 9.10. The maximum absolute atomic E-state index is 12.5. The largest absolute Gasteiger partial charge is 0.321 e. The first-order chi connectivity index (χ1) is 12.1. The van der Waals surface area contributed by atoms with Crippen LogP contribution in [-0.4, -0.2) is 16.8 Å². The van der Waals surface area contributed by atoms with E-state index >= 15 is 0 Å². The SMILES string of the molecule is O=C(Nc1ccccc1C(=O)Nc1ccccn1)c1ccccc1Br. The minimum atomic E-state index is -0.346. The van der Waals surface area contributed by atoms with Gasteiger partial charge in [-0.05, 0) is 52.3 Å². The Hall–Kier alpha value is -2.99. The van der Waals surface area contributed by atoms with Gasteiger partial charge in [-0.25, -0.2) is 4.98 Å². The zero-order valence-electron chi connectivity index (χ0n) is 13.1. The van der Waals surface area contributed by atoms with E-state index in [9.17, 15) is 9.59 Å². The lowest BCUT2D eigenvalue weighted by Crippen LogP contribution is -2.18. The molecule has 3 aromatic rings. The minimum absolute atomic E-state index is 0.300. The number of pyridine rings is 1. The molecule has 2 aromatic carbocycles. The Labute approximate surface area is 153 Å². The number of carbonyl (C=O) groups is 2. The first-order valence-corrected chi connectivity index (χ1v) is 8.32. The van der Waals surface area contributed by atoms with Crippen LogP contribution in [0.4, 0.5) is 11.5 Å². The van der Waals surface area contributed by atoms with Crippen LogP contribution < -0.4 is 10.6 Å². The van der Waals surface area contributed by atoms with Crippen molar-refractivity contribution < 1.29 is 9.59 Å². The second kappa shape index (κ2) is 7.72. The van der Waals surface area contributed by atoms with Crippen LogP contribution in [0.5, 0.6) is 0 Å². The third-order valence-electron chi connectivity index (χ3n) is 3.44. The molecular weight excluding hydrogens is 382 g/mol. The Bertz CT molecular complexity index is 913. The summed E-state index contributed by atoms with van der Waals surface area (Å²) in [7, 11) is 0. The summed E-state index contributed by atoms with van der Waals surface area (Å²) in [6.07, 6.45) is 1.59. The summed E-state index contributed by atoms with van der Waals surface area (Å²) < 4.78 is 0.683. The van der Waals surface area contributed by atoms with Gasteiger partial charge in [0.15, 0.2) is 0 Å². The van der Waals surface area contributed by atoms with E-state index < -0.39 is 0 Å². The number of carbonyl (C=O) groups excluding carboxylic acids is 2. The normalized spacial score (nSPS) is 10.1. The smallest absolute Gasteiger partial charge is 0.258 e. The summed E-state index contributed by atoms with van der Waals surface area (Å²) >= 11 is 3.35. The predicted molar refractivity (Wildman–Crippen MR) is 101 cm³/mol. The molecule has 25 heavy (non-hydrogen) atoms. The number of halogens is 1. The van der Waals surface area contributed by atoms with Crippen LogP contribution in [0.1, 0.15) is 20.7 Å². The third-order valence-corrected chi connectivity index (χ3v) is 4.14. The number of hydrogen-bond donors (Lipinski definition) is 2. The maximum Gasteiger partial charge on any atom is 0.258 e. The molecule has 0 spiro atoms. The number of anilines is 2. The maximum atomic E-state index is 12.5. The van der Waals surface area contributed by atoms with Crippen molar-refractivity contribution in [1.82, 2.24) is 4.98 Å². The van der Waals surface area contributed by atoms with E-state index in [1.54, 1.807) is 66.9 Å². The van der Waals surface area contributed by atoms with E-state index in [2.05, 4.69) is 31.5 Å². The number of hydrogen-bond acceptors (Lipinski definition) is 3. The highest BCUT2D eigenvalue weighted by Crippen LogP contribution is 2.21. The lowest BCUT2D eigenvalue weighted by Gasteiger charge is -2.12. The summed E-state index contributed by atoms with van der Waals surface area (Å²) in [5, 5.41) is 5.50. The van der Waals surface area contributed by atoms with Gasteiger partial charge in [0.2, 0.25) is 0 Å². The standard InChI is InChI=1S/C19H14BrN3O2/c20-15-9-3-1-7-13(15)18(24)22-16-10-4-2-8-14(16)19(25)23-17-11-5-6-12-21-17/h1-12H,(H,22,24)(H,21,23,25). The highest BCUT2D eigenvalue weighted by Gasteiger charge is 2.15. The molecule has 5 nitrogen and oxygen atoms in total. The molecule has 0 radical (unpaired) electrons. The van der Waals surface area contributed by atoms with Crippen molar-refractivity contribution in [3.8, 4) is 0 Å². The number of rotatable bonds is 4. The minimum Gasteiger partial charge on any atom is -0.321 e. The average molecular weight is 396 g/mol. The molecule has 6 heteroatoms. The molecular formula is C19H14BrN3O2. The molecule has 0 saturated heterocycles. The number of aromatic nitrogens is 1. The van der Waals surface area contributed by atoms with Gasteiger partial charge in [-0.15, -0.1) is 0 Å². The molecule has 1 heterocycles. The Kier molecular flexibility index (Phi) is 5.20. The zero-order chi connectivity index (χ0) is 17.6. The Morgan fingerprint density at radius 1 is 0.760 bits per heavy atom. The fraction of sp³-hybridized carbons (Fsp3) is 0. The number of benzene rings is 2. The molecule has 0 aliphatic rings. The lowest BCUT2D eigenvalue weighted by atomic mass is 10.1. The van der Waals surface area contributed by atoms with Crippen molar-refractivity contribution in [3.63, 3.8) is 0 Å². The summed E-state index contributed by atoms with van der Waals surface area (Å²) in [5.74, 6) is -0.202. The number of amides is 2. The van der Waals surface area contributed by atoms with Crippen molar-refractivity contribution in [1.29, 1.82) is 0 Å². The second-order valence-corrected chi connectivity index (χ2v) is 6.00. The quantitative estimate of drug-likeness (QED) is 0.689. The molecule has 0 atom stereocenters. The van der Waals surface area contributed by atoms with E-state index in [-0.39, 0.29) is 11.8 Å². The van der Waals surface area contributed by atoms with Crippen LogP contribution in [0.2, 0.25) is 0 Å². The van der Waals surface area contributed by atoms with E-state index in [4.69, 9.17) is 0 Å². The Balaban J connectivity index is 1.82. The highest BCUT2D eigenvalue weighted by atomic mass is 79.9. The molecule has 0 fully saturated rings. The van der Waals surface area contributed by atoms with Crippen LogP contribution in [0.25, 0.3) is 0 Å². The van der Waals surface area contributed by atoms with E-state index in [0.29, 0.717) is 27.1 Å². The summed E-state index contributed by atoms with van der Waals surface area (Å²) in [6, 6.07) is 19.2. The summed E-state index contributed by atoms with van der Waals surface area (Å²) in [4.78, 5) is 29.1. The van der Waals surface area contributed by atoms with Gasteiger partial charge in [-0.2, -0.15) is 0 Å². The fourth-order valence-corrected chi connectivity index (χ4v) is 2.71. The van der Waals surface area contributed by atoms with Crippen LogP contribution in [0.3, 0.4) is 0 Å². The van der Waals surface area contributed by atoms with Gasteiger partial charge in [-0.1, -0.05) is 30.3 Å². The van der Waals surface area contributed by atoms with Crippen LogP contribution in [0, 0.1) is 0 Å². The molecule has 2 amide bonds. The van der Waals surface area contributed by atoms with Crippen molar-refractivity contribution in [3.05, 3.63) is 88.5 Å². The first kappa shape index (κ1) is 16.9. The molecule has 0 aliphatic heterocycles. The van der Waals surface area contributed by atoms with E-state index in [0.717, 1.165) is 0 Å². The number of nitrogens with zero attached hydrogens (tertiary/aromatic N) is 1. The zero-order valence-corrected chi connectivity index (χ0v) is 14.7. The molecule has 124 valence electrons. The van der Waals surface area contributed by atoms with Gasteiger partial charge >= 0.3 is 0 Å². The van der Waals surface area contributed by atoms with Crippen molar-refractivity contribution in [2.24, 2.45) is 0 Å². The molecule has 1 aromatic heterocycles. The molecule has 0 bridgehead atoms. The van der Waals surface area contributed by atoms with Crippen LogP contribution >= 0.6 is 15.9 Å². The lowest BCUT2D eigenvalue weighted by molar-refractivity contribution is 0.102. The number of para-hydroxylation sites is 1. The van der Waals surface area contributed by atoms with Crippen LogP contribution in [-0.2, 0) is 0 Å². The fourth-order valence-electron chi connectivity index (χ4n) is 2.25. The molecule has 0 aliphatic carbocycles. The van der Waals surface area contributed by atoms with Gasteiger partial charge < -0.3 is 10.6 Å². The second-order valence-electron chi connectivity index (χ2n) is 5.15. The number of nitrogens with one attached hydrogen (secondary N) is 2. The Morgan fingerprint density at radius 2 is 1.40 bits per heavy atom. The average Bonchev–Trinajstić information content (AvgIpc) is 2.63. The molecule has 3 rings (SSSR count). The molecule has 0 unspecified atom stereocenters. The predicted octanol–water partition coefficient (Wildman–Crippen LogP) is 4.35. The van der Waals surface area contributed by atoms with Crippen molar-refractivity contribution in [2.45, 2.75) is 0 Å². The topological polar surface area (TPSA) is 71.1 Å². The van der Waals surface area contributed by atoms with Gasteiger partial charge in [0.25, 0.3) is 11.8 Å². The first-order valence-electron chi connectivity index (χ1n) is 7.52. The molecule has 2 N–H and O–H groups in total. The van der Waals surface area contributed by atoms with E-state index in [1.807, 2.05) is 6.07 Å². The van der Waals surface area contributed by atoms with Gasteiger partial charge in [0, 0.05) is 10.7 Å². The van der Waals surface area contributed by atoms with Crippen molar-refractivity contribution in [2.75, 3.05) is 10.6 Å². The summed E-state index contributed by atoms with van der Waals surface area (Å²) in [6.45, 7) is 0. The third kappa shape index (κ3) is 4.10. The van der Waals surface area contributed by atoms with Gasteiger partial charge in [0.1, 0.15) is 5.82 Å².